The fourth-order valence-electron chi connectivity index (χ4n) is 3.28. The highest BCUT2D eigenvalue weighted by atomic mass is 14.3. The molecule has 0 heterocycles. The Hall–Kier alpha value is -1.56. The third-order valence-electron chi connectivity index (χ3n) is 4.68. The largest absolute Gasteiger partial charge is 0.0617 e. The van der Waals surface area contributed by atoms with Gasteiger partial charge in [0.2, 0.25) is 0 Å². The zero-order chi connectivity index (χ0) is 14.1. The van der Waals surface area contributed by atoms with Gasteiger partial charge in [-0.3, -0.25) is 0 Å². The van der Waals surface area contributed by atoms with Gasteiger partial charge in [-0.15, -0.1) is 0 Å². The summed E-state index contributed by atoms with van der Waals surface area (Å²) in [5, 5.41) is 0. The number of allylic oxidation sites excluding steroid dienone is 6. The van der Waals surface area contributed by atoms with Gasteiger partial charge in [0, 0.05) is 0 Å². The van der Waals surface area contributed by atoms with Crippen molar-refractivity contribution >= 4 is 5.57 Å². The molecule has 2 aliphatic rings. The first-order valence-electron chi connectivity index (χ1n) is 7.59. The topological polar surface area (TPSA) is 0 Å². The maximum Gasteiger partial charge on any atom is -0.00172 e. The van der Waals surface area contributed by atoms with Crippen LogP contribution in [0.3, 0.4) is 0 Å². The maximum absolute atomic E-state index is 3.35. The first-order chi connectivity index (χ1) is 9.70. The van der Waals surface area contributed by atoms with Gasteiger partial charge in [0.25, 0.3) is 0 Å². The normalized spacial score (nSPS) is 19.1. The molecule has 0 aliphatic heterocycles. The second-order valence-corrected chi connectivity index (χ2v) is 5.89. The van der Waals surface area contributed by atoms with E-state index in [0.717, 1.165) is 6.42 Å². The molecule has 1 aromatic carbocycles. The van der Waals surface area contributed by atoms with Crippen molar-refractivity contribution in [1.82, 2.24) is 0 Å². The molecule has 3 rings (SSSR count). The van der Waals surface area contributed by atoms with Crippen LogP contribution in [0.15, 0.2) is 41.5 Å². The third-order valence-corrected chi connectivity index (χ3v) is 4.68. The van der Waals surface area contributed by atoms with Crippen LogP contribution < -0.4 is 0 Å². The summed E-state index contributed by atoms with van der Waals surface area (Å²) in [5.41, 5.74) is 8.88. The Labute approximate surface area is 122 Å². The molecule has 0 fully saturated rings. The van der Waals surface area contributed by atoms with Crippen LogP contribution in [0.5, 0.6) is 0 Å². The Morgan fingerprint density at radius 1 is 1.20 bits per heavy atom. The van der Waals surface area contributed by atoms with Crippen LogP contribution in [0.2, 0.25) is 0 Å². The van der Waals surface area contributed by atoms with E-state index < -0.39 is 0 Å². The molecule has 0 aromatic heterocycles. The smallest absolute Gasteiger partial charge is 0.00172 e. The second kappa shape index (κ2) is 5.44. The highest BCUT2D eigenvalue weighted by Crippen LogP contribution is 2.42. The fourth-order valence-corrected chi connectivity index (χ4v) is 3.28. The van der Waals surface area contributed by atoms with Crippen molar-refractivity contribution in [2.24, 2.45) is 0 Å². The van der Waals surface area contributed by atoms with Gasteiger partial charge in [-0.25, -0.2) is 0 Å². The molecule has 2 aliphatic carbocycles. The molecule has 20 heavy (non-hydrogen) atoms. The van der Waals surface area contributed by atoms with Gasteiger partial charge in [0.15, 0.2) is 0 Å². The Bertz CT molecular complexity index is 611. The van der Waals surface area contributed by atoms with Gasteiger partial charge in [-0.05, 0) is 78.0 Å². The molecule has 2 radical (unpaired) electrons. The minimum atomic E-state index is 0.533. The molecule has 0 nitrogen and oxygen atoms in total. The summed E-state index contributed by atoms with van der Waals surface area (Å²) < 4.78 is 0. The number of hydrogen-bond acceptors (Lipinski definition) is 0. The Morgan fingerprint density at radius 2 is 2.05 bits per heavy atom. The predicted molar refractivity (Wildman–Crippen MR) is 86.2 cm³/mol. The zero-order valence-electron chi connectivity index (χ0n) is 12.7. The van der Waals surface area contributed by atoms with Crippen molar-refractivity contribution in [3.8, 4) is 0 Å². The van der Waals surface area contributed by atoms with Crippen LogP contribution in [-0.4, -0.2) is 0 Å². The van der Waals surface area contributed by atoms with Gasteiger partial charge >= 0.3 is 0 Å². The molecular formula is C20H22. The van der Waals surface area contributed by atoms with Crippen molar-refractivity contribution in [2.75, 3.05) is 0 Å². The van der Waals surface area contributed by atoms with E-state index in [2.05, 4.69) is 63.6 Å². The average Bonchev–Trinajstić information content (AvgIpc) is 2.90. The molecule has 0 spiro atoms. The summed E-state index contributed by atoms with van der Waals surface area (Å²) in [5.74, 6) is 0.533. The van der Waals surface area contributed by atoms with E-state index in [1.165, 1.54) is 40.7 Å². The molecule has 0 heteroatoms. The van der Waals surface area contributed by atoms with E-state index in [9.17, 15) is 0 Å². The van der Waals surface area contributed by atoms with Crippen LogP contribution in [-0.2, 0) is 0 Å². The van der Waals surface area contributed by atoms with E-state index in [4.69, 9.17) is 0 Å². The molecule has 0 N–H and O–H groups in total. The molecular weight excluding hydrogens is 240 g/mol. The summed E-state index contributed by atoms with van der Waals surface area (Å²) >= 11 is 0. The number of hydrogen-bond donors (Lipinski definition) is 0. The second-order valence-electron chi connectivity index (χ2n) is 5.89. The lowest BCUT2D eigenvalue weighted by Crippen LogP contribution is -1.96. The summed E-state index contributed by atoms with van der Waals surface area (Å²) in [6, 6.07) is 6.98. The molecule has 0 bridgehead atoms. The lowest BCUT2D eigenvalue weighted by Gasteiger charge is -2.15. The van der Waals surface area contributed by atoms with Crippen LogP contribution in [0, 0.1) is 19.4 Å². The van der Waals surface area contributed by atoms with E-state index >= 15 is 0 Å². The third kappa shape index (κ3) is 2.28. The van der Waals surface area contributed by atoms with E-state index in [-0.39, 0.29) is 0 Å². The van der Waals surface area contributed by atoms with Crippen molar-refractivity contribution in [2.45, 2.75) is 46.0 Å². The minimum Gasteiger partial charge on any atom is -0.0617 e. The van der Waals surface area contributed by atoms with Gasteiger partial charge < -0.3 is 0 Å². The first kappa shape index (κ1) is 13.4. The minimum absolute atomic E-state index is 0.533. The van der Waals surface area contributed by atoms with Crippen molar-refractivity contribution in [3.05, 3.63) is 70.7 Å². The van der Waals surface area contributed by atoms with E-state index in [1.807, 2.05) is 0 Å². The number of benzene rings is 1. The monoisotopic (exact) mass is 262 g/mol. The Balaban J connectivity index is 2.00. The molecule has 102 valence electrons. The zero-order valence-corrected chi connectivity index (χ0v) is 12.7. The van der Waals surface area contributed by atoms with E-state index in [0.29, 0.717) is 5.92 Å². The molecule has 1 aromatic rings. The van der Waals surface area contributed by atoms with E-state index in [1.54, 1.807) is 5.57 Å². The van der Waals surface area contributed by atoms with Crippen molar-refractivity contribution in [3.63, 3.8) is 0 Å². The lowest BCUT2D eigenvalue weighted by atomic mass is 9.90. The number of rotatable bonds is 3. The van der Waals surface area contributed by atoms with Crippen LogP contribution in [0.25, 0.3) is 5.57 Å². The number of fused-ring (bicyclic) bond motifs is 1. The van der Waals surface area contributed by atoms with Crippen LogP contribution in [0.4, 0.5) is 0 Å². The SMILES string of the molecule is C[CH]C(C)c1ccc(C2=C3C[C]=CC=C3CC2)c(C)c1. The van der Waals surface area contributed by atoms with Crippen molar-refractivity contribution < 1.29 is 0 Å². The summed E-state index contributed by atoms with van der Waals surface area (Å²) in [6.07, 6.45) is 13.3. The number of aryl methyl sites for hydroxylation is 1. The molecule has 1 atom stereocenters. The summed E-state index contributed by atoms with van der Waals surface area (Å²) in [4.78, 5) is 0. The van der Waals surface area contributed by atoms with Gasteiger partial charge in [-0.1, -0.05) is 44.2 Å². The Morgan fingerprint density at radius 3 is 2.80 bits per heavy atom. The molecule has 1 unspecified atom stereocenters. The highest BCUT2D eigenvalue weighted by molar-refractivity contribution is 5.78. The highest BCUT2D eigenvalue weighted by Gasteiger charge is 2.22. The maximum atomic E-state index is 3.35. The van der Waals surface area contributed by atoms with Crippen LogP contribution in [0.1, 0.15) is 55.7 Å². The molecule has 0 saturated carbocycles. The molecule has 0 saturated heterocycles. The Kier molecular flexibility index (Phi) is 3.65. The van der Waals surface area contributed by atoms with Gasteiger partial charge in [-0.2, -0.15) is 0 Å². The van der Waals surface area contributed by atoms with Crippen molar-refractivity contribution in [1.29, 1.82) is 0 Å². The average molecular weight is 262 g/mol. The summed E-state index contributed by atoms with van der Waals surface area (Å²) in [6.45, 7) is 6.64. The standard InChI is InChI=1S/C20H22/c1-4-14(2)17-10-11-18(15(3)13-17)20-12-9-16-7-5-6-8-19(16)20/h4-5,7,10-11,13-14H,8-9,12H2,1-3H3. The lowest BCUT2D eigenvalue weighted by molar-refractivity contribution is 0.885. The predicted octanol–water partition coefficient (Wildman–Crippen LogP) is 5.56. The summed E-state index contributed by atoms with van der Waals surface area (Å²) in [7, 11) is 0. The molecule has 0 amide bonds. The van der Waals surface area contributed by atoms with Crippen LogP contribution >= 0.6 is 0 Å². The first-order valence-corrected chi connectivity index (χ1v) is 7.59. The quantitative estimate of drug-likeness (QED) is 0.669. The van der Waals surface area contributed by atoms with Gasteiger partial charge in [0.05, 0.1) is 0 Å². The van der Waals surface area contributed by atoms with Gasteiger partial charge in [0.1, 0.15) is 0 Å². The fraction of sp³-hybridized carbons (Fsp3) is 0.350.